The Morgan fingerprint density at radius 3 is 0.800 bits per heavy atom. The van der Waals surface area contributed by atoms with Crippen molar-refractivity contribution in [3.05, 3.63) is 155 Å². The van der Waals surface area contributed by atoms with Crippen LogP contribution in [0.2, 0.25) is 0 Å². The fraction of sp³-hybridized carbons (Fsp3) is 0.143. The molecule has 6 aromatic rings. The molecule has 8 nitrogen and oxygen atoms in total. The Hall–Kier alpha value is -6.28. The Morgan fingerprint density at radius 2 is 0.580 bits per heavy atom. The Bertz CT molecular complexity index is 1850. The van der Waals surface area contributed by atoms with E-state index in [2.05, 4.69) is 48.5 Å². The van der Waals surface area contributed by atoms with Crippen LogP contribution in [0.15, 0.2) is 121 Å². The van der Waals surface area contributed by atoms with Crippen LogP contribution in [0.5, 0.6) is 23.0 Å². The molecule has 8 heteroatoms. The quantitative estimate of drug-likeness (QED) is 0.0804. The zero-order valence-electron chi connectivity index (χ0n) is 28.6. The molecule has 0 radical (unpaired) electrons. The van der Waals surface area contributed by atoms with E-state index in [4.69, 9.17) is 41.9 Å². The molecule has 0 aliphatic heterocycles. The molecule has 50 heavy (non-hydrogen) atoms. The highest BCUT2D eigenvalue weighted by Gasteiger charge is 2.25. The van der Waals surface area contributed by atoms with Gasteiger partial charge < -0.3 is 41.9 Å². The van der Waals surface area contributed by atoms with Crippen molar-refractivity contribution in [2.24, 2.45) is 0 Å². The molecule has 0 heterocycles. The van der Waals surface area contributed by atoms with Crippen molar-refractivity contribution >= 4 is 22.7 Å². The molecule has 0 saturated carbocycles. The number of anilines is 4. The third-order valence-corrected chi connectivity index (χ3v) is 9.24. The number of nitrogen functional groups attached to an aromatic ring is 4. The predicted molar refractivity (Wildman–Crippen MR) is 203 cm³/mol. The number of hydrogen-bond donors (Lipinski definition) is 4. The third kappa shape index (κ3) is 6.69. The maximum atomic E-state index is 6.58. The van der Waals surface area contributed by atoms with E-state index < -0.39 is 0 Å². The van der Waals surface area contributed by atoms with Gasteiger partial charge in [-0.25, -0.2) is 0 Å². The number of hydrogen-bond acceptors (Lipinski definition) is 8. The minimum Gasteiger partial charge on any atom is -0.497 e. The van der Waals surface area contributed by atoms with Gasteiger partial charge in [-0.3, -0.25) is 0 Å². The van der Waals surface area contributed by atoms with Crippen LogP contribution in [0, 0.1) is 0 Å². The molecular formula is C42H42N4O4. The summed E-state index contributed by atoms with van der Waals surface area (Å²) in [7, 11) is 6.57. The second-order valence-electron chi connectivity index (χ2n) is 12.1. The van der Waals surface area contributed by atoms with Crippen molar-refractivity contribution in [2.45, 2.75) is 11.8 Å². The number of ether oxygens (including phenoxy) is 4. The highest BCUT2D eigenvalue weighted by atomic mass is 16.5. The Morgan fingerprint density at radius 1 is 0.340 bits per heavy atom. The lowest BCUT2D eigenvalue weighted by Gasteiger charge is -2.24. The summed E-state index contributed by atoms with van der Waals surface area (Å²) in [6.45, 7) is 0. The van der Waals surface area contributed by atoms with Crippen LogP contribution in [-0.4, -0.2) is 28.4 Å². The molecule has 6 aromatic carbocycles. The van der Waals surface area contributed by atoms with E-state index >= 15 is 0 Å². The summed E-state index contributed by atoms with van der Waals surface area (Å²) in [4.78, 5) is 0. The topological polar surface area (TPSA) is 141 Å². The molecule has 8 N–H and O–H groups in total. The van der Waals surface area contributed by atoms with Gasteiger partial charge in [0.2, 0.25) is 0 Å². The second-order valence-corrected chi connectivity index (χ2v) is 12.1. The minimum atomic E-state index is -0.265. The SMILES string of the molecule is COc1ccc(N)c(C(c2ccc(-c3ccc(C(c4cc(OC)ccc4N)c4cc(OC)ccc4N)cc3)cc2)c2cc(OC)ccc2N)c1. The van der Waals surface area contributed by atoms with Gasteiger partial charge in [0.25, 0.3) is 0 Å². The standard InChI is InChI=1S/C42H42N4O4/c1-47-29-13-17-37(43)33(21-29)41(34-22-30(48-2)14-18-38(34)44)27-9-5-25(6-10-27)26-7-11-28(12-8-26)42(35-23-31(49-3)15-19-39(35)45)36-24-32(50-4)16-20-40(36)46/h5-24,41-42H,43-46H2,1-4H3. The second kappa shape index (κ2) is 14.5. The van der Waals surface area contributed by atoms with Gasteiger partial charge in [0, 0.05) is 34.6 Å². The van der Waals surface area contributed by atoms with Crippen LogP contribution in [0.25, 0.3) is 11.1 Å². The largest absolute Gasteiger partial charge is 0.497 e. The van der Waals surface area contributed by atoms with Crippen LogP contribution >= 0.6 is 0 Å². The molecule has 0 amide bonds. The normalized spacial score (nSPS) is 11.1. The summed E-state index contributed by atoms with van der Waals surface area (Å²) in [5.41, 5.74) is 36.6. The van der Waals surface area contributed by atoms with Crippen molar-refractivity contribution in [3.63, 3.8) is 0 Å². The Balaban J connectivity index is 1.40. The fourth-order valence-corrected chi connectivity index (χ4v) is 6.51. The van der Waals surface area contributed by atoms with Crippen molar-refractivity contribution < 1.29 is 18.9 Å². The summed E-state index contributed by atoms with van der Waals surface area (Å²) in [5.74, 6) is 2.31. The molecule has 254 valence electrons. The van der Waals surface area contributed by atoms with E-state index in [0.29, 0.717) is 45.7 Å². The molecule has 0 spiro atoms. The summed E-state index contributed by atoms with van der Waals surface area (Å²) in [6.07, 6.45) is 0. The van der Waals surface area contributed by atoms with Crippen molar-refractivity contribution in [1.29, 1.82) is 0 Å². The lowest BCUT2D eigenvalue weighted by atomic mass is 9.82. The van der Waals surface area contributed by atoms with Crippen molar-refractivity contribution in [3.8, 4) is 34.1 Å². The van der Waals surface area contributed by atoms with Crippen molar-refractivity contribution in [2.75, 3.05) is 51.4 Å². The van der Waals surface area contributed by atoms with Crippen LogP contribution in [-0.2, 0) is 0 Å². The molecule has 0 bridgehead atoms. The Labute approximate surface area is 293 Å². The van der Waals surface area contributed by atoms with E-state index in [-0.39, 0.29) is 11.8 Å². The van der Waals surface area contributed by atoms with Crippen LogP contribution in [0.1, 0.15) is 45.2 Å². The molecule has 0 aliphatic carbocycles. The average Bonchev–Trinajstić information content (AvgIpc) is 3.15. The van der Waals surface area contributed by atoms with Crippen LogP contribution in [0.3, 0.4) is 0 Å². The zero-order valence-corrected chi connectivity index (χ0v) is 28.6. The summed E-state index contributed by atoms with van der Waals surface area (Å²) in [6, 6.07) is 39.6. The lowest BCUT2D eigenvalue weighted by Crippen LogP contribution is -2.10. The molecule has 0 atom stereocenters. The van der Waals surface area contributed by atoms with E-state index in [9.17, 15) is 0 Å². The molecule has 0 fully saturated rings. The first-order chi connectivity index (χ1) is 24.2. The monoisotopic (exact) mass is 666 g/mol. The number of benzene rings is 6. The molecule has 0 unspecified atom stereocenters. The maximum Gasteiger partial charge on any atom is 0.119 e. The first-order valence-electron chi connectivity index (χ1n) is 16.2. The number of rotatable bonds is 11. The molecule has 6 rings (SSSR count). The maximum absolute atomic E-state index is 6.58. The molecular weight excluding hydrogens is 624 g/mol. The molecule has 0 aliphatic rings. The number of nitrogens with two attached hydrogens (primary N) is 4. The average molecular weight is 667 g/mol. The van der Waals surface area contributed by atoms with E-state index in [1.54, 1.807) is 28.4 Å². The first kappa shape index (κ1) is 33.6. The minimum absolute atomic E-state index is 0.265. The Kier molecular flexibility index (Phi) is 9.72. The van der Waals surface area contributed by atoms with E-state index in [1.165, 1.54) is 0 Å². The summed E-state index contributed by atoms with van der Waals surface area (Å²) in [5, 5.41) is 0. The summed E-state index contributed by atoms with van der Waals surface area (Å²) < 4.78 is 22.3. The fourth-order valence-electron chi connectivity index (χ4n) is 6.51. The van der Waals surface area contributed by atoms with Crippen LogP contribution < -0.4 is 41.9 Å². The van der Waals surface area contributed by atoms with Gasteiger partial charge in [-0.05, 0) is 117 Å². The van der Waals surface area contributed by atoms with Crippen LogP contribution in [0.4, 0.5) is 22.7 Å². The highest BCUT2D eigenvalue weighted by Crippen LogP contribution is 2.43. The highest BCUT2D eigenvalue weighted by molar-refractivity contribution is 5.69. The van der Waals surface area contributed by atoms with Gasteiger partial charge in [-0.2, -0.15) is 0 Å². The lowest BCUT2D eigenvalue weighted by molar-refractivity contribution is 0.413. The third-order valence-electron chi connectivity index (χ3n) is 9.24. The van der Waals surface area contributed by atoms with Gasteiger partial charge in [-0.1, -0.05) is 48.5 Å². The predicted octanol–water partition coefficient (Wildman–Crippen LogP) is 8.08. The van der Waals surface area contributed by atoms with Gasteiger partial charge in [0.1, 0.15) is 23.0 Å². The van der Waals surface area contributed by atoms with Gasteiger partial charge in [0.05, 0.1) is 28.4 Å². The number of methoxy groups -OCH3 is 4. The first-order valence-corrected chi connectivity index (χ1v) is 16.2. The molecule has 0 aromatic heterocycles. The zero-order chi connectivity index (χ0) is 35.4. The smallest absolute Gasteiger partial charge is 0.119 e. The van der Waals surface area contributed by atoms with Gasteiger partial charge >= 0.3 is 0 Å². The van der Waals surface area contributed by atoms with Gasteiger partial charge in [0.15, 0.2) is 0 Å². The summed E-state index contributed by atoms with van der Waals surface area (Å²) >= 11 is 0. The van der Waals surface area contributed by atoms with Gasteiger partial charge in [-0.15, -0.1) is 0 Å². The van der Waals surface area contributed by atoms with E-state index in [0.717, 1.165) is 44.5 Å². The molecule has 0 saturated heterocycles. The van der Waals surface area contributed by atoms with E-state index in [1.807, 2.05) is 72.8 Å². The van der Waals surface area contributed by atoms with Crippen molar-refractivity contribution in [1.82, 2.24) is 0 Å².